The Kier molecular flexibility index (Phi) is 5.22. The number of halogens is 2. The van der Waals surface area contributed by atoms with Crippen LogP contribution in [-0.4, -0.2) is 6.54 Å². The highest BCUT2D eigenvalue weighted by atomic mass is 35.5. The number of unbranched alkanes of at least 4 members (excludes halogenated alkanes) is 1. The van der Waals surface area contributed by atoms with E-state index < -0.39 is 0 Å². The van der Waals surface area contributed by atoms with Crippen LogP contribution in [-0.2, 0) is 6.42 Å². The van der Waals surface area contributed by atoms with Gasteiger partial charge in [0.15, 0.2) is 0 Å². The summed E-state index contributed by atoms with van der Waals surface area (Å²) in [5, 5.41) is 3.49. The molecule has 19 heavy (non-hydrogen) atoms. The Labute approximate surface area is 118 Å². The minimum atomic E-state index is -0.296. The standard InChI is InChI=1S/C16H17ClFN/c17-14-10-6-11-15(18)16(14)19-12-5-4-9-13-7-2-1-3-8-13/h1-3,6-8,10-11,19H,4-5,9,12H2. The van der Waals surface area contributed by atoms with E-state index in [1.165, 1.54) is 11.6 Å². The summed E-state index contributed by atoms with van der Waals surface area (Å²) in [6.07, 6.45) is 3.11. The average Bonchev–Trinajstić information content (AvgIpc) is 2.42. The molecule has 2 aromatic rings. The Hall–Kier alpha value is -1.54. The first-order valence-electron chi connectivity index (χ1n) is 6.49. The van der Waals surface area contributed by atoms with Gasteiger partial charge in [-0.3, -0.25) is 0 Å². The number of para-hydroxylation sites is 1. The van der Waals surface area contributed by atoms with Crippen molar-refractivity contribution in [2.24, 2.45) is 0 Å². The minimum Gasteiger partial charge on any atom is -0.381 e. The molecule has 0 saturated heterocycles. The second-order valence-corrected chi connectivity index (χ2v) is 4.87. The number of anilines is 1. The molecule has 0 aliphatic carbocycles. The zero-order chi connectivity index (χ0) is 13.5. The molecular formula is C16H17ClFN. The molecule has 0 aromatic heterocycles. The van der Waals surface area contributed by atoms with Crippen LogP contribution in [0.2, 0.25) is 5.02 Å². The lowest BCUT2D eigenvalue weighted by Gasteiger charge is -2.09. The molecule has 2 aromatic carbocycles. The third-order valence-electron chi connectivity index (χ3n) is 3.00. The van der Waals surface area contributed by atoms with E-state index in [0.717, 1.165) is 25.8 Å². The molecule has 1 N–H and O–H groups in total. The number of benzene rings is 2. The van der Waals surface area contributed by atoms with Gasteiger partial charge >= 0.3 is 0 Å². The molecule has 3 heteroatoms. The summed E-state index contributed by atoms with van der Waals surface area (Å²) in [7, 11) is 0. The van der Waals surface area contributed by atoms with Crippen molar-refractivity contribution in [3.63, 3.8) is 0 Å². The van der Waals surface area contributed by atoms with Gasteiger partial charge in [0.05, 0.1) is 10.7 Å². The van der Waals surface area contributed by atoms with Crippen molar-refractivity contribution in [3.05, 3.63) is 64.9 Å². The number of hydrogen-bond acceptors (Lipinski definition) is 1. The molecule has 100 valence electrons. The summed E-state index contributed by atoms with van der Waals surface area (Å²) in [6, 6.07) is 15.1. The van der Waals surface area contributed by atoms with Crippen molar-refractivity contribution in [2.45, 2.75) is 19.3 Å². The summed E-state index contributed by atoms with van der Waals surface area (Å²) in [4.78, 5) is 0. The SMILES string of the molecule is Fc1cccc(Cl)c1NCCCCc1ccccc1. The van der Waals surface area contributed by atoms with Crippen LogP contribution in [0.1, 0.15) is 18.4 Å². The molecule has 0 saturated carbocycles. The Morgan fingerprint density at radius 3 is 2.47 bits per heavy atom. The highest BCUT2D eigenvalue weighted by Gasteiger charge is 2.05. The molecule has 0 aliphatic rings. The first-order chi connectivity index (χ1) is 9.27. The van der Waals surface area contributed by atoms with Crippen LogP contribution in [0.5, 0.6) is 0 Å². The third kappa shape index (κ3) is 4.25. The predicted octanol–water partition coefficient (Wildman–Crippen LogP) is 4.91. The molecule has 0 spiro atoms. The topological polar surface area (TPSA) is 12.0 Å². The second kappa shape index (κ2) is 7.15. The van der Waals surface area contributed by atoms with Crippen LogP contribution in [0.25, 0.3) is 0 Å². The molecule has 1 nitrogen and oxygen atoms in total. The summed E-state index contributed by atoms with van der Waals surface area (Å²) in [6.45, 7) is 0.730. The smallest absolute Gasteiger partial charge is 0.147 e. The lowest BCUT2D eigenvalue weighted by molar-refractivity contribution is 0.629. The van der Waals surface area contributed by atoms with E-state index in [2.05, 4.69) is 17.4 Å². The van der Waals surface area contributed by atoms with Crippen LogP contribution in [0.4, 0.5) is 10.1 Å². The van der Waals surface area contributed by atoms with Gasteiger partial charge in [-0.25, -0.2) is 4.39 Å². The summed E-state index contributed by atoms with van der Waals surface area (Å²) < 4.78 is 13.5. The van der Waals surface area contributed by atoms with Crippen molar-refractivity contribution >= 4 is 17.3 Å². The minimum absolute atomic E-state index is 0.296. The van der Waals surface area contributed by atoms with Crippen molar-refractivity contribution in [1.29, 1.82) is 0 Å². The molecule has 0 bridgehead atoms. The molecule has 0 heterocycles. The highest BCUT2D eigenvalue weighted by Crippen LogP contribution is 2.24. The van der Waals surface area contributed by atoms with Crippen LogP contribution in [0.3, 0.4) is 0 Å². The predicted molar refractivity (Wildman–Crippen MR) is 79.3 cm³/mol. The van der Waals surface area contributed by atoms with Gasteiger partial charge in [-0.05, 0) is 37.0 Å². The molecule has 0 fully saturated rings. The summed E-state index contributed by atoms with van der Waals surface area (Å²) in [5.74, 6) is -0.296. The van der Waals surface area contributed by atoms with Crippen LogP contribution in [0.15, 0.2) is 48.5 Å². The Bertz CT molecular complexity index is 493. The Morgan fingerprint density at radius 1 is 0.947 bits per heavy atom. The normalized spacial score (nSPS) is 10.4. The number of rotatable bonds is 6. The average molecular weight is 278 g/mol. The van der Waals surface area contributed by atoms with E-state index in [-0.39, 0.29) is 5.82 Å². The number of nitrogens with one attached hydrogen (secondary N) is 1. The van der Waals surface area contributed by atoms with Crippen molar-refractivity contribution < 1.29 is 4.39 Å². The van der Waals surface area contributed by atoms with E-state index in [9.17, 15) is 4.39 Å². The van der Waals surface area contributed by atoms with Crippen LogP contribution < -0.4 is 5.32 Å². The Balaban J connectivity index is 1.73. The molecular weight excluding hydrogens is 261 g/mol. The number of hydrogen-bond donors (Lipinski definition) is 1. The van der Waals surface area contributed by atoms with Gasteiger partial charge in [0.2, 0.25) is 0 Å². The molecule has 2 rings (SSSR count). The first-order valence-corrected chi connectivity index (χ1v) is 6.87. The maximum atomic E-state index is 13.5. The van der Waals surface area contributed by atoms with Crippen LogP contribution in [0, 0.1) is 5.82 Å². The molecule has 0 amide bonds. The molecule has 0 radical (unpaired) electrons. The lowest BCUT2D eigenvalue weighted by atomic mass is 10.1. The Morgan fingerprint density at radius 2 is 1.74 bits per heavy atom. The molecule has 0 atom stereocenters. The van der Waals surface area contributed by atoms with Crippen LogP contribution >= 0.6 is 11.6 Å². The number of aryl methyl sites for hydroxylation is 1. The monoisotopic (exact) mass is 277 g/mol. The maximum absolute atomic E-state index is 13.5. The molecule has 0 aliphatic heterocycles. The third-order valence-corrected chi connectivity index (χ3v) is 3.31. The van der Waals surface area contributed by atoms with E-state index in [1.807, 2.05) is 18.2 Å². The van der Waals surface area contributed by atoms with Gasteiger partial charge in [0, 0.05) is 6.54 Å². The van der Waals surface area contributed by atoms with Crippen molar-refractivity contribution in [1.82, 2.24) is 0 Å². The fraction of sp³-hybridized carbons (Fsp3) is 0.250. The maximum Gasteiger partial charge on any atom is 0.147 e. The van der Waals surface area contributed by atoms with Crippen molar-refractivity contribution in [2.75, 3.05) is 11.9 Å². The van der Waals surface area contributed by atoms with E-state index >= 15 is 0 Å². The quantitative estimate of drug-likeness (QED) is 0.740. The fourth-order valence-electron chi connectivity index (χ4n) is 1.98. The molecule has 0 unspecified atom stereocenters. The van der Waals surface area contributed by atoms with Gasteiger partial charge in [0.25, 0.3) is 0 Å². The van der Waals surface area contributed by atoms with E-state index in [1.54, 1.807) is 12.1 Å². The first kappa shape index (κ1) is 13.9. The van der Waals surface area contributed by atoms with Gasteiger partial charge in [0.1, 0.15) is 5.82 Å². The van der Waals surface area contributed by atoms with E-state index in [0.29, 0.717) is 10.7 Å². The van der Waals surface area contributed by atoms with Gasteiger partial charge < -0.3 is 5.32 Å². The summed E-state index contributed by atoms with van der Waals surface area (Å²) in [5.41, 5.74) is 1.75. The van der Waals surface area contributed by atoms with E-state index in [4.69, 9.17) is 11.6 Å². The van der Waals surface area contributed by atoms with Gasteiger partial charge in [-0.1, -0.05) is 48.0 Å². The summed E-state index contributed by atoms with van der Waals surface area (Å²) >= 11 is 5.94. The highest BCUT2D eigenvalue weighted by molar-refractivity contribution is 6.33. The zero-order valence-electron chi connectivity index (χ0n) is 10.7. The fourth-order valence-corrected chi connectivity index (χ4v) is 2.21. The lowest BCUT2D eigenvalue weighted by Crippen LogP contribution is -2.04. The van der Waals surface area contributed by atoms with Crippen molar-refractivity contribution in [3.8, 4) is 0 Å². The van der Waals surface area contributed by atoms with Gasteiger partial charge in [-0.2, -0.15) is 0 Å². The largest absolute Gasteiger partial charge is 0.381 e. The van der Waals surface area contributed by atoms with Gasteiger partial charge in [-0.15, -0.1) is 0 Å². The second-order valence-electron chi connectivity index (χ2n) is 4.47. The zero-order valence-corrected chi connectivity index (χ0v) is 11.5.